The summed E-state index contributed by atoms with van der Waals surface area (Å²) in [4.78, 5) is 0. The van der Waals surface area contributed by atoms with Gasteiger partial charge in [-0.25, -0.2) is 4.39 Å². The monoisotopic (exact) mass is 442 g/mol. The van der Waals surface area contributed by atoms with E-state index in [2.05, 4.69) is 51.4 Å². The minimum Gasteiger partial charge on any atom is -0.318 e. The van der Waals surface area contributed by atoms with Crippen LogP contribution >= 0.6 is 22.6 Å². The molecule has 0 atom stereocenters. The van der Waals surface area contributed by atoms with E-state index in [1.807, 2.05) is 32.1 Å². The van der Waals surface area contributed by atoms with Crippen molar-refractivity contribution in [3.8, 4) is 11.8 Å². The molecule has 3 rings (SSSR count). The molecular weight excluding hydrogens is 426 g/mol. The van der Waals surface area contributed by atoms with Crippen molar-refractivity contribution in [3.05, 3.63) is 86.5 Å². The summed E-state index contributed by atoms with van der Waals surface area (Å²) in [7, 11) is 0. The summed E-state index contributed by atoms with van der Waals surface area (Å²) in [5.74, 6) is -0.344. The van der Waals surface area contributed by atoms with Gasteiger partial charge < -0.3 is 4.57 Å². The molecule has 0 amide bonds. The van der Waals surface area contributed by atoms with E-state index in [9.17, 15) is 9.65 Å². The summed E-state index contributed by atoms with van der Waals surface area (Å²) < 4.78 is 16.8. The summed E-state index contributed by atoms with van der Waals surface area (Å²) >= 11 is 2.30. The number of hydrogen-bond acceptors (Lipinski definition) is 1. The van der Waals surface area contributed by atoms with E-state index >= 15 is 0 Å². The fourth-order valence-corrected chi connectivity index (χ4v) is 3.46. The Morgan fingerprint density at radius 3 is 2.56 bits per heavy atom. The molecule has 0 aliphatic heterocycles. The van der Waals surface area contributed by atoms with E-state index in [1.165, 1.54) is 12.1 Å². The molecule has 0 bridgehead atoms. The van der Waals surface area contributed by atoms with Crippen LogP contribution in [0.1, 0.15) is 22.5 Å². The molecule has 0 unspecified atom stereocenters. The van der Waals surface area contributed by atoms with E-state index in [4.69, 9.17) is 0 Å². The van der Waals surface area contributed by atoms with E-state index in [0.717, 1.165) is 26.2 Å². The second-order valence-corrected chi connectivity index (χ2v) is 7.07. The third kappa shape index (κ3) is 3.67. The Kier molecular flexibility index (Phi) is 5.05. The Balaban J connectivity index is 2.10. The van der Waals surface area contributed by atoms with Gasteiger partial charge >= 0.3 is 0 Å². The lowest BCUT2D eigenvalue weighted by Gasteiger charge is -2.10. The van der Waals surface area contributed by atoms with Crippen molar-refractivity contribution in [2.45, 2.75) is 13.8 Å². The van der Waals surface area contributed by atoms with Crippen LogP contribution < -0.4 is 0 Å². The Morgan fingerprint density at radius 2 is 1.88 bits per heavy atom. The number of allylic oxidation sites excluding steroid dienone is 1. The van der Waals surface area contributed by atoms with Gasteiger partial charge in [-0.3, -0.25) is 0 Å². The van der Waals surface area contributed by atoms with Crippen LogP contribution in [-0.2, 0) is 0 Å². The van der Waals surface area contributed by atoms with E-state index < -0.39 is 0 Å². The largest absolute Gasteiger partial charge is 0.318 e. The fourth-order valence-electron chi connectivity index (χ4n) is 2.94. The highest BCUT2D eigenvalue weighted by Crippen LogP contribution is 2.26. The topological polar surface area (TPSA) is 28.7 Å². The molecule has 0 saturated heterocycles. The van der Waals surface area contributed by atoms with Gasteiger partial charge in [-0.1, -0.05) is 18.2 Å². The average molecular weight is 442 g/mol. The maximum Gasteiger partial charge on any atom is 0.123 e. The molecule has 2 aromatic carbocycles. The summed E-state index contributed by atoms with van der Waals surface area (Å²) in [6, 6.07) is 18.6. The second-order valence-electron chi connectivity index (χ2n) is 5.82. The van der Waals surface area contributed by atoms with Gasteiger partial charge in [-0.2, -0.15) is 5.26 Å². The Morgan fingerprint density at radius 1 is 1.12 bits per heavy atom. The highest BCUT2D eigenvalue weighted by Gasteiger charge is 2.11. The molecule has 1 heterocycles. The molecule has 0 radical (unpaired) electrons. The second kappa shape index (κ2) is 7.24. The molecule has 25 heavy (non-hydrogen) atoms. The van der Waals surface area contributed by atoms with Crippen LogP contribution in [-0.4, -0.2) is 4.57 Å². The van der Waals surface area contributed by atoms with Gasteiger partial charge in [0.05, 0.1) is 11.6 Å². The van der Waals surface area contributed by atoms with Crippen LogP contribution in [0, 0.1) is 34.6 Å². The molecule has 124 valence electrons. The van der Waals surface area contributed by atoms with Crippen LogP contribution in [0.3, 0.4) is 0 Å². The van der Waals surface area contributed by atoms with Crippen molar-refractivity contribution >= 4 is 34.2 Å². The van der Waals surface area contributed by atoms with Gasteiger partial charge in [-0.15, -0.1) is 0 Å². The lowest BCUT2D eigenvalue weighted by molar-refractivity contribution is 0.627. The molecule has 0 saturated carbocycles. The third-order valence-electron chi connectivity index (χ3n) is 4.09. The Bertz CT molecular complexity index is 1010. The molecule has 0 spiro atoms. The lowest BCUT2D eigenvalue weighted by Crippen LogP contribution is -1.99. The highest BCUT2D eigenvalue weighted by molar-refractivity contribution is 14.1. The zero-order valence-corrected chi connectivity index (χ0v) is 16.1. The van der Waals surface area contributed by atoms with Crippen molar-refractivity contribution in [1.29, 1.82) is 5.26 Å². The first-order valence-corrected chi connectivity index (χ1v) is 8.90. The molecule has 0 aliphatic rings. The van der Waals surface area contributed by atoms with Gasteiger partial charge in [0.25, 0.3) is 0 Å². The van der Waals surface area contributed by atoms with Crippen LogP contribution in [0.5, 0.6) is 0 Å². The molecule has 4 heteroatoms. The zero-order valence-electron chi connectivity index (χ0n) is 13.9. The molecular formula is C21H16FIN2. The van der Waals surface area contributed by atoms with Crippen molar-refractivity contribution in [3.63, 3.8) is 0 Å². The van der Waals surface area contributed by atoms with Crippen molar-refractivity contribution in [1.82, 2.24) is 4.57 Å². The van der Waals surface area contributed by atoms with Gasteiger partial charge in [-0.05, 0) is 90.0 Å². The number of rotatable bonds is 3. The summed E-state index contributed by atoms with van der Waals surface area (Å²) in [6.07, 6.45) is 1.82. The standard InChI is InChI=1S/C21H16FIN2/c1-14-9-17(10-18(13-24)16-5-3-6-19(22)11-16)15(2)25(14)21-8-4-7-20(23)12-21/h3-12H,1-2H3/b18-10-. The average Bonchev–Trinajstić information content (AvgIpc) is 2.86. The van der Waals surface area contributed by atoms with Crippen molar-refractivity contribution in [2.75, 3.05) is 0 Å². The Hall–Kier alpha value is -2.39. The van der Waals surface area contributed by atoms with Gasteiger partial charge in [0, 0.05) is 20.6 Å². The fraction of sp³-hybridized carbons (Fsp3) is 0.0952. The van der Waals surface area contributed by atoms with Gasteiger partial charge in [0.15, 0.2) is 0 Å². The van der Waals surface area contributed by atoms with Crippen LogP contribution in [0.2, 0.25) is 0 Å². The first-order chi connectivity index (χ1) is 12.0. The molecule has 0 fully saturated rings. The summed E-state index contributed by atoms with van der Waals surface area (Å²) in [5.41, 5.74) is 5.21. The van der Waals surface area contributed by atoms with Crippen molar-refractivity contribution < 1.29 is 4.39 Å². The number of aromatic nitrogens is 1. The van der Waals surface area contributed by atoms with Gasteiger partial charge in [0.2, 0.25) is 0 Å². The number of halogens is 2. The van der Waals surface area contributed by atoms with Gasteiger partial charge in [0.1, 0.15) is 5.82 Å². The predicted octanol–water partition coefficient (Wildman–Crippen LogP) is 5.90. The van der Waals surface area contributed by atoms with E-state index in [-0.39, 0.29) is 5.82 Å². The molecule has 3 aromatic rings. The molecule has 2 nitrogen and oxygen atoms in total. The normalized spacial score (nSPS) is 11.4. The zero-order chi connectivity index (χ0) is 18.0. The molecule has 0 N–H and O–H groups in total. The molecule has 1 aromatic heterocycles. The number of nitriles is 1. The highest BCUT2D eigenvalue weighted by atomic mass is 127. The number of benzene rings is 2. The summed E-state index contributed by atoms with van der Waals surface area (Å²) in [6.45, 7) is 4.07. The van der Waals surface area contributed by atoms with E-state index in [1.54, 1.807) is 12.1 Å². The van der Waals surface area contributed by atoms with Crippen LogP contribution in [0.4, 0.5) is 4.39 Å². The number of hydrogen-bond donors (Lipinski definition) is 0. The van der Waals surface area contributed by atoms with Crippen molar-refractivity contribution in [2.24, 2.45) is 0 Å². The third-order valence-corrected chi connectivity index (χ3v) is 4.76. The quantitative estimate of drug-likeness (QED) is 0.367. The summed E-state index contributed by atoms with van der Waals surface area (Å²) in [5, 5.41) is 9.50. The minimum atomic E-state index is -0.344. The SMILES string of the molecule is Cc1cc(/C=C(/C#N)c2cccc(F)c2)c(C)n1-c1cccc(I)c1. The number of nitrogens with zero attached hydrogens (tertiary/aromatic N) is 2. The smallest absolute Gasteiger partial charge is 0.123 e. The maximum atomic E-state index is 13.5. The molecule has 0 aliphatic carbocycles. The predicted molar refractivity (Wildman–Crippen MR) is 108 cm³/mol. The van der Waals surface area contributed by atoms with Crippen LogP contribution in [0.25, 0.3) is 17.3 Å². The minimum absolute atomic E-state index is 0.344. The first-order valence-electron chi connectivity index (χ1n) is 7.82. The lowest BCUT2D eigenvalue weighted by atomic mass is 10.0. The Labute approximate surface area is 160 Å². The first kappa shape index (κ1) is 17.4. The van der Waals surface area contributed by atoms with E-state index in [0.29, 0.717) is 11.1 Å². The van der Waals surface area contributed by atoms with Crippen LogP contribution in [0.15, 0.2) is 54.6 Å². The number of aryl methyl sites for hydroxylation is 1. The maximum absolute atomic E-state index is 13.5.